The van der Waals surface area contributed by atoms with Gasteiger partial charge < -0.3 is 4.98 Å². The van der Waals surface area contributed by atoms with Gasteiger partial charge in [0.05, 0.1) is 22.3 Å². The zero-order chi connectivity index (χ0) is 15.4. The summed E-state index contributed by atoms with van der Waals surface area (Å²) in [4.78, 5) is 18.2. The molecule has 2 aromatic heterocycles. The van der Waals surface area contributed by atoms with Crippen LogP contribution in [0.5, 0.6) is 0 Å². The van der Waals surface area contributed by atoms with Crippen molar-refractivity contribution < 1.29 is 13.2 Å². The Bertz CT molecular complexity index is 975. The predicted octanol–water partition coefficient (Wildman–Crippen LogP) is 2.37. The summed E-state index contributed by atoms with van der Waals surface area (Å²) in [5, 5.41) is 8.95. The van der Waals surface area contributed by atoms with Crippen LogP contribution in [0.1, 0.15) is 17.0 Å². The molecule has 5 nitrogen and oxygen atoms in total. The first-order valence-corrected chi connectivity index (χ1v) is 5.85. The van der Waals surface area contributed by atoms with Crippen molar-refractivity contribution in [1.82, 2.24) is 14.4 Å². The molecule has 21 heavy (non-hydrogen) atoms. The number of fused-ring (bicyclic) bond motifs is 3. The third-order valence-corrected chi connectivity index (χ3v) is 3.23. The maximum Gasteiger partial charge on any atom is 0.416 e. The van der Waals surface area contributed by atoms with Crippen LogP contribution >= 0.6 is 0 Å². The van der Waals surface area contributed by atoms with E-state index in [-0.39, 0.29) is 16.9 Å². The van der Waals surface area contributed by atoms with Crippen LogP contribution < -0.4 is 5.56 Å². The van der Waals surface area contributed by atoms with E-state index in [1.165, 1.54) is 10.5 Å². The van der Waals surface area contributed by atoms with Crippen LogP contribution in [0.2, 0.25) is 0 Å². The van der Waals surface area contributed by atoms with Crippen molar-refractivity contribution in [2.45, 2.75) is 13.1 Å². The standard InChI is InChI=1S/C13H7F3N4O/c1-6-9(5-17)18-11-12(21)19-8-4-7(13(14,15)16)2-3-10(8)20(6)11/h2-4H,1H3,(H,19,21). The molecule has 8 heteroatoms. The highest BCUT2D eigenvalue weighted by Crippen LogP contribution is 2.31. The highest BCUT2D eigenvalue weighted by atomic mass is 19.4. The summed E-state index contributed by atoms with van der Waals surface area (Å²) in [6.45, 7) is 1.58. The molecule has 0 aliphatic heterocycles. The number of rotatable bonds is 0. The van der Waals surface area contributed by atoms with Gasteiger partial charge in [-0.15, -0.1) is 0 Å². The average molecular weight is 292 g/mol. The molecule has 3 aromatic rings. The van der Waals surface area contributed by atoms with Crippen molar-refractivity contribution in [3.8, 4) is 6.07 Å². The molecule has 3 rings (SSSR count). The molecule has 0 saturated carbocycles. The molecular formula is C13H7F3N4O. The van der Waals surface area contributed by atoms with Gasteiger partial charge in [-0.2, -0.15) is 18.4 Å². The molecule has 1 N–H and O–H groups in total. The molecule has 0 fully saturated rings. The molecule has 0 amide bonds. The molecule has 0 aliphatic carbocycles. The Kier molecular flexibility index (Phi) is 2.56. The zero-order valence-electron chi connectivity index (χ0n) is 10.6. The maximum absolute atomic E-state index is 12.7. The van der Waals surface area contributed by atoms with Crippen LogP contribution in [0, 0.1) is 18.3 Å². The fraction of sp³-hybridized carbons (Fsp3) is 0.154. The summed E-state index contributed by atoms with van der Waals surface area (Å²) >= 11 is 0. The maximum atomic E-state index is 12.7. The third-order valence-electron chi connectivity index (χ3n) is 3.23. The van der Waals surface area contributed by atoms with E-state index in [1.54, 1.807) is 6.92 Å². The molecule has 1 aromatic carbocycles. The Morgan fingerprint density at radius 2 is 2.10 bits per heavy atom. The fourth-order valence-electron chi connectivity index (χ4n) is 2.24. The number of aromatic amines is 1. The van der Waals surface area contributed by atoms with Crippen molar-refractivity contribution in [2.24, 2.45) is 0 Å². The van der Waals surface area contributed by atoms with E-state index in [1.807, 2.05) is 6.07 Å². The average Bonchev–Trinajstić information content (AvgIpc) is 2.75. The van der Waals surface area contributed by atoms with Crippen LogP contribution in [0.3, 0.4) is 0 Å². The third kappa shape index (κ3) is 1.86. The van der Waals surface area contributed by atoms with Gasteiger partial charge >= 0.3 is 6.18 Å². The number of hydrogen-bond acceptors (Lipinski definition) is 3. The second-order valence-electron chi connectivity index (χ2n) is 4.50. The fourth-order valence-corrected chi connectivity index (χ4v) is 2.24. The van der Waals surface area contributed by atoms with Gasteiger partial charge in [-0.25, -0.2) is 4.98 Å². The van der Waals surface area contributed by atoms with E-state index in [0.717, 1.165) is 12.1 Å². The Labute approximate surface area is 115 Å². The minimum atomic E-state index is -4.50. The zero-order valence-corrected chi connectivity index (χ0v) is 10.6. The Morgan fingerprint density at radius 1 is 1.38 bits per heavy atom. The summed E-state index contributed by atoms with van der Waals surface area (Å²) in [6, 6.07) is 4.88. The normalized spacial score (nSPS) is 12.0. The van der Waals surface area contributed by atoms with Crippen molar-refractivity contribution in [3.05, 3.63) is 45.5 Å². The molecule has 0 aliphatic rings. The molecular weight excluding hydrogens is 285 g/mol. The number of H-pyrrole nitrogens is 1. The van der Waals surface area contributed by atoms with Gasteiger partial charge in [0.2, 0.25) is 5.65 Å². The first-order valence-electron chi connectivity index (χ1n) is 5.85. The number of halogens is 3. The van der Waals surface area contributed by atoms with E-state index < -0.39 is 17.3 Å². The van der Waals surface area contributed by atoms with E-state index in [0.29, 0.717) is 11.2 Å². The minimum absolute atomic E-state index is 0.0173. The van der Waals surface area contributed by atoms with Crippen LogP contribution in [0.25, 0.3) is 16.7 Å². The Hall–Kier alpha value is -2.82. The highest BCUT2D eigenvalue weighted by molar-refractivity contribution is 5.79. The van der Waals surface area contributed by atoms with E-state index in [9.17, 15) is 18.0 Å². The first kappa shape index (κ1) is 13.2. The lowest BCUT2D eigenvalue weighted by molar-refractivity contribution is -0.137. The number of aromatic nitrogens is 3. The summed E-state index contributed by atoms with van der Waals surface area (Å²) in [5.41, 5.74) is -0.668. The topological polar surface area (TPSA) is 73.9 Å². The van der Waals surface area contributed by atoms with E-state index in [4.69, 9.17) is 5.26 Å². The van der Waals surface area contributed by atoms with Crippen LogP contribution in [0.4, 0.5) is 13.2 Å². The van der Waals surface area contributed by atoms with Crippen molar-refractivity contribution in [2.75, 3.05) is 0 Å². The van der Waals surface area contributed by atoms with E-state index in [2.05, 4.69) is 9.97 Å². The second-order valence-corrected chi connectivity index (χ2v) is 4.50. The van der Waals surface area contributed by atoms with Gasteiger partial charge in [-0.3, -0.25) is 9.20 Å². The Morgan fingerprint density at radius 3 is 2.71 bits per heavy atom. The van der Waals surface area contributed by atoms with Crippen LogP contribution in [-0.2, 0) is 6.18 Å². The summed E-state index contributed by atoms with van der Waals surface area (Å²) in [7, 11) is 0. The predicted molar refractivity (Wildman–Crippen MR) is 67.8 cm³/mol. The van der Waals surface area contributed by atoms with Crippen molar-refractivity contribution in [1.29, 1.82) is 5.26 Å². The second kappa shape index (κ2) is 4.09. The van der Waals surface area contributed by atoms with Crippen molar-refractivity contribution >= 4 is 16.7 Å². The van der Waals surface area contributed by atoms with Crippen LogP contribution in [0.15, 0.2) is 23.0 Å². The largest absolute Gasteiger partial charge is 0.416 e. The van der Waals surface area contributed by atoms with Gasteiger partial charge in [-0.05, 0) is 25.1 Å². The van der Waals surface area contributed by atoms with Crippen LogP contribution in [-0.4, -0.2) is 14.4 Å². The van der Waals surface area contributed by atoms with Gasteiger partial charge in [-0.1, -0.05) is 0 Å². The smallest absolute Gasteiger partial charge is 0.317 e. The summed E-state index contributed by atoms with van der Waals surface area (Å²) in [6.07, 6.45) is -4.50. The number of aryl methyl sites for hydroxylation is 1. The SMILES string of the molecule is Cc1c(C#N)nc2c(=O)[nH]c3cc(C(F)(F)F)ccc3n12. The summed E-state index contributed by atoms with van der Waals surface area (Å²) < 4.78 is 39.5. The lowest BCUT2D eigenvalue weighted by atomic mass is 10.2. The Balaban J connectivity index is 2.48. The molecule has 2 heterocycles. The minimum Gasteiger partial charge on any atom is -0.317 e. The number of hydrogen-bond donors (Lipinski definition) is 1. The lowest BCUT2D eigenvalue weighted by Crippen LogP contribution is -2.12. The molecule has 0 bridgehead atoms. The molecule has 0 spiro atoms. The monoisotopic (exact) mass is 292 g/mol. The molecule has 0 unspecified atom stereocenters. The van der Waals surface area contributed by atoms with Gasteiger partial charge in [0.1, 0.15) is 6.07 Å². The number of alkyl halides is 3. The number of nitrogens with one attached hydrogen (secondary N) is 1. The number of nitrogens with zero attached hydrogens (tertiary/aromatic N) is 3. The number of nitriles is 1. The molecule has 0 atom stereocenters. The quantitative estimate of drug-likeness (QED) is 0.691. The van der Waals surface area contributed by atoms with Gasteiger partial charge in [0, 0.05) is 0 Å². The van der Waals surface area contributed by atoms with Crippen molar-refractivity contribution in [3.63, 3.8) is 0 Å². The van der Waals surface area contributed by atoms with E-state index >= 15 is 0 Å². The molecule has 0 radical (unpaired) electrons. The lowest BCUT2D eigenvalue weighted by Gasteiger charge is -2.09. The van der Waals surface area contributed by atoms with Gasteiger partial charge in [0.25, 0.3) is 5.56 Å². The first-order chi connectivity index (χ1) is 9.82. The number of benzene rings is 1. The highest BCUT2D eigenvalue weighted by Gasteiger charge is 2.30. The molecule has 0 saturated heterocycles. The molecule has 106 valence electrons. The van der Waals surface area contributed by atoms with Gasteiger partial charge in [0.15, 0.2) is 5.69 Å². The number of imidazole rings is 1. The summed E-state index contributed by atoms with van der Waals surface area (Å²) in [5.74, 6) is 0.